The minimum atomic E-state index is -1.00. The van der Waals surface area contributed by atoms with Crippen LogP contribution >= 0.6 is 0 Å². The predicted molar refractivity (Wildman–Crippen MR) is 145 cm³/mol. The molecule has 12 heteroatoms. The normalized spacial score (nSPS) is 14.0. The molecule has 2 N–H and O–H groups in total. The molecule has 2 aromatic carbocycles. The molecule has 1 saturated heterocycles. The second kappa shape index (κ2) is 11.5. The number of aromatic nitrogens is 4. The van der Waals surface area contributed by atoms with Crippen LogP contribution in [0.2, 0.25) is 0 Å². The maximum Gasteiger partial charge on any atom is 0.247 e. The van der Waals surface area contributed by atoms with E-state index >= 15 is 8.78 Å². The number of halogens is 2. The van der Waals surface area contributed by atoms with Gasteiger partial charge in [0, 0.05) is 51.1 Å². The lowest BCUT2D eigenvalue weighted by molar-refractivity contribution is -0.111. The molecule has 0 saturated carbocycles. The van der Waals surface area contributed by atoms with E-state index in [0.717, 1.165) is 19.6 Å². The second-order valence-electron chi connectivity index (χ2n) is 8.98. The lowest BCUT2D eigenvalue weighted by Crippen LogP contribution is -2.47. The van der Waals surface area contributed by atoms with Gasteiger partial charge in [-0.1, -0.05) is 18.7 Å². The van der Waals surface area contributed by atoms with E-state index in [0.29, 0.717) is 42.3 Å². The second-order valence-corrected chi connectivity index (χ2v) is 8.98. The van der Waals surface area contributed by atoms with E-state index in [1.54, 1.807) is 42.1 Å². The van der Waals surface area contributed by atoms with Crippen LogP contribution in [0.25, 0.3) is 16.9 Å². The van der Waals surface area contributed by atoms with Crippen molar-refractivity contribution in [1.29, 1.82) is 0 Å². The third-order valence-corrected chi connectivity index (χ3v) is 6.51. The molecule has 0 spiro atoms. The molecule has 5 rings (SSSR count). The fourth-order valence-electron chi connectivity index (χ4n) is 4.43. The highest BCUT2D eigenvalue weighted by Crippen LogP contribution is 2.30. The van der Waals surface area contributed by atoms with Crippen LogP contribution in [0.1, 0.15) is 0 Å². The smallest absolute Gasteiger partial charge is 0.247 e. The van der Waals surface area contributed by atoms with Gasteiger partial charge in [0.1, 0.15) is 18.3 Å². The number of benzene rings is 2. The minimum absolute atomic E-state index is 0.0745. The van der Waals surface area contributed by atoms with Crippen LogP contribution in [0.4, 0.5) is 31.8 Å². The van der Waals surface area contributed by atoms with Gasteiger partial charge in [0.05, 0.1) is 18.0 Å². The molecule has 39 heavy (non-hydrogen) atoms. The van der Waals surface area contributed by atoms with E-state index in [1.165, 1.54) is 18.5 Å². The number of rotatable bonds is 9. The first kappa shape index (κ1) is 26.2. The van der Waals surface area contributed by atoms with Gasteiger partial charge in [-0.05, 0) is 30.3 Å². The number of methoxy groups -OCH3 is 1. The molecule has 1 fully saturated rings. The van der Waals surface area contributed by atoms with Crippen LogP contribution in [-0.2, 0) is 9.53 Å². The van der Waals surface area contributed by atoms with Gasteiger partial charge in [-0.2, -0.15) is 4.98 Å². The number of fused-ring (bicyclic) bond motifs is 1. The van der Waals surface area contributed by atoms with Crippen LogP contribution < -0.4 is 15.5 Å². The predicted octanol–water partition coefficient (Wildman–Crippen LogP) is 3.71. The Balaban J connectivity index is 1.35. The molecule has 1 amide bonds. The molecule has 0 atom stereocenters. The van der Waals surface area contributed by atoms with E-state index < -0.39 is 11.6 Å². The number of hydrogen-bond acceptors (Lipinski definition) is 8. The number of amides is 1. The molecule has 0 bridgehead atoms. The molecule has 0 unspecified atom stereocenters. The fraction of sp³-hybridized carbons (Fsp3) is 0.259. The van der Waals surface area contributed by atoms with E-state index in [-0.39, 0.29) is 23.2 Å². The van der Waals surface area contributed by atoms with Crippen LogP contribution in [0.5, 0.6) is 0 Å². The zero-order valence-corrected chi connectivity index (χ0v) is 21.4. The van der Waals surface area contributed by atoms with E-state index in [4.69, 9.17) is 4.74 Å². The van der Waals surface area contributed by atoms with Crippen molar-refractivity contribution in [2.75, 3.05) is 62.0 Å². The summed E-state index contributed by atoms with van der Waals surface area (Å²) in [5.41, 5.74) is 2.40. The third kappa shape index (κ3) is 5.71. The van der Waals surface area contributed by atoms with Crippen molar-refractivity contribution < 1.29 is 18.3 Å². The van der Waals surface area contributed by atoms with Crippen molar-refractivity contribution in [1.82, 2.24) is 24.3 Å². The van der Waals surface area contributed by atoms with Crippen molar-refractivity contribution in [3.63, 3.8) is 0 Å². The maximum atomic E-state index is 15.1. The zero-order valence-electron chi connectivity index (χ0n) is 21.4. The number of nitrogens with zero attached hydrogens (tertiary/aromatic N) is 6. The number of carbonyl (C=O) groups excluding carboxylic acids is 1. The van der Waals surface area contributed by atoms with E-state index in [9.17, 15) is 4.79 Å². The summed E-state index contributed by atoms with van der Waals surface area (Å²) in [5, 5.41) is 5.50. The molecular formula is C27H28F2N8O2. The van der Waals surface area contributed by atoms with E-state index in [2.05, 4.69) is 37.1 Å². The highest BCUT2D eigenvalue weighted by Gasteiger charge is 2.23. The summed E-state index contributed by atoms with van der Waals surface area (Å²) < 4.78 is 37.0. The molecule has 3 heterocycles. The highest BCUT2D eigenvalue weighted by molar-refractivity contribution is 5.99. The quantitative estimate of drug-likeness (QED) is 0.314. The first-order valence-electron chi connectivity index (χ1n) is 12.4. The van der Waals surface area contributed by atoms with Crippen molar-refractivity contribution in [3.8, 4) is 11.3 Å². The summed E-state index contributed by atoms with van der Waals surface area (Å²) in [6.45, 7) is 7.58. The van der Waals surface area contributed by atoms with Crippen LogP contribution in [0, 0.1) is 11.6 Å². The SMILES string of the molecule is C=CC(=O)Nc1cccc(-c2ncn3cnc(Nc4ccc(N5CCN(CCOC)CC5)c(F)c4F)nc23)c1. The Morgan fingerprint density at radius 2 is 1.90 bits per heavy atom. The summed E-state index contributed by atoms with van der Waals surface area (Å²) in [6.07, 6.45) is 4.21. The molecular weight excluding hydrogens is 506 g/mol. The van der Waals surface area contributed by atoms with Crippen molar-refractivity contribution >= 4 is 34.6 Å². The summed E-state index contributed by atoms with van der Waals surface area (Å²) >= 11 is 0. The molecule has 0 aliphatic carbocycles. The first-order valence-corrected chi connectivity index (χ1v) is 12.4. The molecule has 4 aromatic rings. The molecule has 1 aliphatic heterocycles. The third-order valence-electron chi connectivity index (χ3n) is 6.51. The number of carbonyl (C=O) groups is 1. The Morgan fingerprint density at radius 3 is 2.67 bits per heavy atom. The average Bonchev–Trinajstić information content (AvgIpc) is 3.38. The molecule has 202 valence electrons. The van der Waals surface area contributed by atoms with E-state index in [1.807, 2.05) is 11.0 Å². The van der Waals surface area contributed by atoms with Gasteiger partial charge < -0.3 is 20.3 Å². The van der Waals surface area contributed by atoms with Crippen LogP contribution in [0.15, 0.2) is 61.7 Å². The maximum absolute atomic E-state index is 15.1. The highest BCUT2D eigenvalue weighted by atomic mass is 19.2. The summed E-state index contributed by atoms with van der Waals surface area (Å²) in [7, 11) is 1.66. The van der Waals surface area contributed by atoms with Crippen LogP contribution in [0.3, 0.4) is 0 Å². The monoisotopic (exact) mass is 534 g/mol. The van der Waals surface area contributed by atoms with Crippen LogP contribution in [-0.4, -0.2) is 76.6 Å². The van der Waals surface area contributed by atoms with Gasteiger partial charge in [0.2, 0.25) is 11.9 Å². The number of ether oxygens (including phenoxy) is 1. The van der Waals surface area contributed by atoms with Crippen molar-refractivity contribution in [2.24, 2.45) is 0 Å². The topological polar surface area (TPSA) is 99.9 Å². The van der Waals surface area contributed by atoms with Gasteiger partial charge >= 0.3 is 0 Å². The molecule has 10 nitrogen and oxygen atoms in total. The summed E-state index contributed by atoms with van der Waals surface area (Å²) in [5.74, 6) is -2.18. The largest absolute Gasteiger partial charge is 0.383 e. The van der Waals surface area contributed by atoms with Gasteiger partial charge in [-0.25, -0.2) is 18.7 Å². The Kier molecular flexibility index (Phi) is 7.75. The minimum Gasteiger partial charge on any atom is -0.383 e. The lowest BCUT2D eigenvalue weighted by atomic mass is 10.1. The summed E-state index contributed by atoms with van der Waals surface area (Å²) in [4.78, 5) is 28.9. The van der Waals surface area contributed by atoms with Crippen molar-refractivity contribution in [3.05, 3.63) is 73.3 Å². The fourth-order valence-corrected chi connectivity index (χ4v) is 4.43. The molecule has 0 radical (unpaired) electrons. The van der Waals surface area contributed by atoms with Crippen molar-refractivity contribution in [2.45, 2.75) is 0 Å². The number of anilines is 4. The number of piperazine rings is 1. The number of imidazole rings is 1. The first-order chi connectivity index (χ1) is 19.0. The number of nitrogens with one attached hydrogen (secondary N) is 2. The van der Waals surface area contributed by atoms with Gasteiger partial charge in [-0.3, -0.25) is 14.1 Å². The standard InChI is InChI=1S/C27H28F2N8O2/c1-3-22(38)32-19-6-4-5-18(15-19)25-26-34-27(31-17-37(26)16-30-25)33-20-7-8-21(24(29)23(20)28)36-11-9-35(10-12-36)13-14-39-2/h3-8,15-17H,1,9-14H2,2H3,(H,32,38)(H,33,34). The average molecular weight is 535 g/mol. The van der Waals surface area contributed by atoms with Gasteiger partial charge in [0.15, 0.2) is 17.3 Å². The van der Waals surface area contributed by atoms with Gasteiger partial charge in [-0.15, -0.1) is 0 Å². The Bertz CT molecular complexity index is 1500. The Hall–Kier alpha value is -4.42. The summed E-state index contributed by atoms with van der Waals surface area (Å²) in [6, 6.07) is 10.2. The Morgan fingerprint density at radius 1 is 1.10 bits per heavy atom. The lowest BCUT2D eigenvalue weighted by Gasteiger charge is -2.36. The molecule has 1 aliphatic rings. The van der Waals surface area contributed by atoms with Gasteiger partial charge in [0.25, 0.3) is 0 Å². The number of hydrogen-bond donors (Lipinski definition) is 2. The molecule has 2 aromatic heterocycles. The Labute approximate surface area is 224 Å². The zero-order chi connectivity index (χ0) is 27.4.